The summed E-state index contributed by atoms with van der Waals surface area (Å²) in [7, 11) is 0. The Labute approximate surface area is 166 Å². The highest BCUT2D eigenvalue weighted by Gasteiger charge is 2.35. The molecular weight excluding hydrogens is 384 g/mol. The standard InChI is InChI=1S/C20H19ClN2O5/c21-14-7-5-13(6-8-14)15-11-16(17-3-1-9-26-17)23(22-15)19(24)12-28-20(25)18-4-2-10-27-18/h1,3,5-9,16,18H,2,4,10-12H2/t16-,18-/m0/s1. The van der Waals surface area contributed by atoms with Crippen LogP contribution in [-0.2, 0) is 19.1 Å². The van der Waals surface area contributed by atoms with Gasteiger partial charge >= 0.3 is 5.97 Å². The third-order valence-electron chi connectivity index (χ3n) is 4.75. The van der Waals surface area contributed by atoms with E-state index in [0.717, 1.165) is 17.7 Å². The quantitative estimate of drug-likeness (QED) is 0.716. The van der Waals surface area contributed by atoms with E-state index in [2.05, 4.69) is 5.10 Å². The monoisotopic (exact) mass is 402 g/mol. The van der Waals surface area contributed by atoms with Gasteiger partial charge in [-0.1, -0.05) is 23.7 Å². The highest BCUT2D eigenvalue weighted by atomic mass is 35.5. The summed E-state index contributed by atoms with van der Waals surface area (Å²) < 4.78 is 15.9. The summed E-state index contributed by atoms with van der Waals surface area (Å²) in [5.41, 5.74) is 1.60. The molecule has 1 aromatic carbocycles. The Morgan fingerprint density at radius 3 is 2.75 bits per heavy atom. The Kier molecular flexibility index (Phi) is 5.45. The fraction of sp³-hybridized carbons (Fsp3) is 0.350. The van der Waals surface area contributed by atoms with Crippen molar-refractivity contribution >= 4 is 29.2 Å². The number of hydrogen-bond acceptors (Lipinski definition) is 6. The van der Waals surface area contributed by atoms with Gasteiger partial charge in [0.2, 0.25) is 0 Å². The topological polar surface area (TPSA) is 81.3 Å². The van der Waals surface area contributed by atoms with Gasteiger partial charge < -0.3 is 13.9 Å². The first-order valence-corrected chi connectivity index (χ1v) is 9.47. The summed E-state index contributed by atoms with van der Waals surface area (Å²) in [6.07, 6.45) is 2.89. The molecule has 2 aromatic rings. The lowest BCUT2D eigenvalue weighted by molar-refractivity contribution is -0.160. The van der Waals surface area contributed by atoms with Crippen molar-refractivity contribution in [2.75, 3.05) is 13.2 Å². The molecule has 4 rings (SSSR count). The number of hydrogen-bond donors (Lipinski definition) is 0. The molecule has 1 amide bonds. The van der Waals surface area contributed by atoms with Crippen LogP contribution in [0.2, 0.25) is 5.02 Å². The van der Waals surface area contributed by atoms with Gasteiger partial charge in [-0.3, -0.25) is 4.79 Å². The number of furan rings is 1. The number of hydrazone groups is 1. The van der Waals surface area contributed by atoms with Crippen LogP contribution in [-0.4, -0.2) is 41.9 Å². The molecule has 0 unspecified atom stereocenters. The third-order valence-corrected chi connectivity index (χ3v) is 5.00. The normalized spacial score (nSPS) is 21.6. The fourth-order valence-electron chi connectivity index (χ4n) is 3.32. The van der Waals surface area contributed by atoms with E-state index in [4.69, 9.17) is 25.5 Å². The zero-order chi connectivity index (χ0) is 19.5. The van der Waals surface area contributed by atoms with Crippen LogP contribution in [0.15, 0.2) is 52.2 Å². The van der Waals surface area contributed by atoms with Crippen LogP contribution in [0.5, 0.6) is 0 Å². The van der Waals surface area contributed by atoms with Crippen LogP contribution in [0.4, 0.5) is 0 Å². The number of ether oxygens (including phenoxy) is 2. The van der Waals surface area contributed by atoms with Gasteiger partial charge in [0.1, 0.15) is 11.8 Å². The maximum atomic E-state index is 12.7. The van der Waals surface area contributed by atoms with E-state index in [-0.39, 0.29) is 0 Å². The van der Waals surface area contributed by atoms with Gasteiger partial charge in [0.15, 0.2) is 12.7 Å². The molecule has 2 atom stereocenters. The number of esters is 1. The van der Waals surface area contributed by atoms with Gasteiger partial charge in [0, 0.05) is 18.1 Å². The number of amides is 1. The molecule has 1 fully saturated rings. The smallest absolute Gasteiger partial charge is 0.335 e. The molecule has 1 aromatic heterocycles. The van der Waals surface area contributed by atoms with E-state index < -0.39 is 30.6 Å². The van der Waals surface area contributed by atoms with Gasteiger partial charge in [-0.15, -0.1) is 0 Å². The number of carbonyl (C=O) groups is 2. The van der Waals surface area contributed by atoms with E-state index >= 15 is 0 Å². The molecule has 146 valence electrons. The van der Waals surface area contributed by atoms with Crippen molar-refractivity contribution in [3.63, 3.8) is 0 Å². The lowest BCUT2D eigenvalue weighted by Crippen LogP contribution is -2.33. The zero-order valence-corrected chi connectivity index (χ0v) is 15.8. The van der Waals surface area contributed by atoms with E-state index in [1.54, 1.807) is 30.5 Å². The summed E-state index contributed by atoms with van der Waals surface area (Å²) in [6, 6.07) is 10.4. The first kappa shape index (κ1) is 18.7. The molecular formula is C20H19ClN2O5. The minimum Gasteiger partial charge on any atom is -0.467 e. The van der Waals surface area contributed by atoms with Crippen molar-refractivity contribution in [3.8, 4) is 0 Å². The lowest BCUT2D eigenvalue weighted by atomic mass is 10.0. The average Bonchev–Trinajstić information content (AvgIpc) is 3.47. The van der Waals surface area contributed by atoms with E-state index in [1.807, 2.05) is 12.1 Å². The van der Waals surface area contributed by atoms with Gasteiger partial charge in [0.05, 0.1) is 12.0 Å². The van der Waals surface area contributed by atoms with Gasteiger partial charge in [-0.2, -0.15) is 5.10 Å². The maximum absolute atomic E-state index is 12.7. The Morgan fingerprint density at radius 1 is 1.25 bits per heavy atom. The second kappa shape index (κ2) is 8.16. The first-order chi connectivity index (χ1) is 13.6. The van der Waals surface area contributed by atoms with Crippen molar-refractivity contribution in [1.82, 2.24) is 5.01 Å². The van der Waals surface area contributed by atoms with E-state index in [9.17, 15) is 9.59 Å². The third kappa shape index (κ3) is 3.95. The Morgan fingerprint density at radius 2 is 2.07 bits per heavy atom. The Balaban J connectivity index is 1.49. The summed E-state index contributed by atoms with van der Waals surface area (Å²) in [6.45, 7) is 0.141. The lowest BCUT2D eigenvalue weighted by Gasteiger charge is -2.20. The minimum absolute atomic E-state index is 0.394. The highest BCUT2D eigenvalue weighted by Crippen LogP contribution is 2.33. The Bertz CT molecular complexity index is 873. The molecule has 0 N–H and O–H groups in total. The molecule has 8 heteroatoms. The summed E-state index contributed by atoms with van der Waals surface area (Å²) in [5.74, 6) is -0.315. The van der Waals surface area contributed by atoms with E-state index in [0.29, 0.717) is 30.2 Å². The number of benzene rings is 1. The SMILES string of the molecule is O=C(OCC(=O)N1N=C(c2ccc(Cl)cc2)C[C@H]1c1ccco1)[C@@H]1CCCO1. The largest absolute Gasteiger partial charge is 0.467 e. The van der Waals surface area contributed by atoms with Crippen LogP contribution in [0.3, 0.4) is 0 Å². The predicted molar refractivity (Wildman–Crippen MR) is 101 cm³/mol. The number of nitrogens with zero attached hydrogens (tertiary/aromatic N) is 2. The zero-order valence-electron chi connectivity index (χ0n) is 15.0. The molecule has 0 spiro atoms. The van der Waals surface area contributed by atoms with Crippen LogP contribution < -0.4 is 0 Å². The van der Waals surface area contributed by atoms with Crippen LogP contribution >= 0.6 is 11.6 Å². The van der Waals surface area contributed by atoms with Gasteiger partial charge in [0.25, 0.3) is 5.91 Å². The van der Waals surface area contributed by atoms with Crippen molar-refractivity contribution in [2.45, 2.75) is 31.4 Å². The number of halogens is 1. The summed E-state index contributed by atoms with van der Waals surface area (Å²) in [5, 5.41) is 6.42. The molecule has 3 heterocycles. The highest BCUT2D eigenvalue weighted by molar-refractivity contribution is 6.30. The second-order valence-electron chi connectivity index (χ2n) is 6.64. The Hall–Kier alpha value is -2.64. The van der Waals surface area contributed by atoms with Crippen molar-refractivity contribution < 1.29 is 23.5 Å². The maximum Gasteiger partial charge on any atom is 0.335 e. The molecule has 1 saturated heterocycles. The molecule has 7 nitrogen and oxygen atoms in total. The molecule has 0 radical (unpaired) electrons. The molecule has 2 aliphatic heterocycles. The van der Waals surface area contributed by atoms with Crippen LogP contribution in [0.25, 0.3) is 0 Å². The summed E-state index contributed by atoms with van der Waals surface area (Å²) in [4.78, 5) is 24.7. The van der Waals surface area contributed by atoms with Gasteiger partial charge in [-0.05, 0) is 42.7 Å². The second-order valence-corrected chi connectivity index (χ2v) is 7.07. The van der Waals surface area contributed by atoms with Crippen molar-refractivity contribution in [3.05, 3.63) is 59.0 Å². The first-order valence-electron chi connectivity index (χ1n) is 9.09. The average molecular weight is 403 g/mol. The van der Waals surface area contributed by atoms with E-state index in [1.165, 1.54) is 5.01 Å². The van der Waals surface area contributed by atoms with Crippen molar-refractivity contribution in [2.24, 2.45) is 5.10 Å². The number of carbonyl (C=O) groups excluding carboxylic acids is 2. The molecule has 28 heavy (non-hydrogen) atoms. The fourth-order valence-corrected chi connectivity index (χ4v) is 3.44. The summed E-state index contributed by atoms with van der Waals surface area (Å²) >= 11 is 5.95. The number of rotatable bonds is 5. The molecule has 2 aliphatic rings. The predicted octanol–water partition coefficient (Wildman–Crippen LogP) is 3.33. The molecule has 0 aliphatic carbocycles. The minimum atomic E-state index is -0.583. The van der Waals surface area contributed by atoms with Crippen molar-refractivity contribution in [1.29, 1.82) is 0 Å². The molecule has 0 bridgehead atoms. The van der Waals surface area contributed by atoms with Crippen LogP contribution in [0, 0.1) is 0 Å². The van der Waals surface area contributed by atoms with Crippen LogP contribution in [0.1, 0.15) is 36.6 Å². The molecule has 0 saturated carbocycles. The van der Waals surface area contributed by atoms with Gasteiger partial charge in [-0.25, -0.2) is 9.80 Å².